The second-order valence-electron chi connectivity index (χ2n) is 6.31. The van der Waals surface area contributed by atoms with Gasteiger partial charge in [0.25, 0.3) is 0 Å². The predicted octanol–water partition coefficient (Wildman–Crippen LogP) is 3.80. The Bertz CT molecular complexity index is 530. The van der Waals surface area contributed by atoms with Crippen molar-refractivity contribution in [2.45, 2.75) is 32.2 Å². The number of benzene rings is 1. The Kier molecular flexibility index (Phi) is 4.41. The van der Waals surface area contributed by atoms with Crippen LogP contribution in [0.2, 0.25) is 0 Å². The Hall–Kier alpha value is -1.05. The normalized spacial score (nSPS) is 23.6. The van der Waals surface area contributed by atoms with Gasteiger partial charge in [0, 0.05) is 24.5 Å². The molecule has 20 heavy (non-hydrogen) atoms. The highest BCUT2D eigenvalue weighted by Gasteiger charge is 2.38. The van der Waals surface area contributed by atoms with Crippen molar-refractivity contribution in [2.75, 3.05) is 20.2 Å². The Balaban J connectivity index is 2.30. The van der Waals surface area contributed by atoms with Crippen molar-refractivity contribution in [3.8, 4) is 11.8 Å². The molecule has 1 aliphatic rings. The van der Waals surface area contributed by atoms with E-state index in [1.165, 1.54) is 5.56 Å². The molecule has 1 fully saturated rings. The summed E-state index contributed by atoms with van der Waals surface area (Å²) in [5.74, 6) is 1.12. The number of ether oxygens (including phenoxy) is 1. The summed E-state index contributed by atoms with van der Waals surface area (Å²) in [5, 5.41) is 9.45. The van der Waals surface area contributed by atoms with Crippen LogP contribution in [0.15, 0.2) is 22.7 Å². The van der Waals surface area contributed by atoms with Crippen LogP contribution in [0.25, 0.3) is 0 Å². The van der Waals surface area contributed by atoms with Crippen molar-refractivity contribution in [3.05, 3.63) is 28.2 Å². The smallest absolute Gasteiger partial charge is 0.133 e. The fourth-order valence-corrected chi connectivity index (χ4v) is 3.14. The lowest BCUT2D eigenvalue weighted by molar-refractivity contribution is 0.170. The lowest BCUT2D eigenvalue weighted by atomic mass is 9.90. The summed E-state index contributed by atoms with van der Waals surface area (Å²) in [6.45, 7) is 8.36. The summed E-state index contributed by atoms with van der Waals surface area (Å²) in [4.78, 5) is 2.39. The Morgan fingerprint density at radius 2 is 2.05 bits per heavy atom. The van der Waals surface area contributed by atoms with Crippen molar-refractivity contribution in [1.29, 1.82) is 5.26 Å². The predicted molar refractivity (Wildman–Crippen MR) is 83.9 cm³/mol. The molecule has 0 bridgehead atoms. The zero-order valence-corrected chi connectivity index (χ0v) is 14.1. The molecular formula is C16H21BrN2O. The molecule has 1 saturated heterocycles. The van der Waals surface area contributed by atoms with Crippen molar-refractivity contribution in [3.63, 3.8) is 0 Å². The van der Waals surface area contributed by atoms with Gasteiger partial charge in [0.15, 0.2) is 0 Å². The largest absolute Gasteiger partial charge is 0.496 e. The molecule has 2 rings (SSSR count). The Morgan fingerprint density at radius 3 is 2.60 bits per heavy atom. The highest BCUT2D eigenvalue weighted by molar-refractivity contribution is 9.10. The second-order valence-corrected chi connectivity index (χ2v) is 7.17. The summed E-state index contributed by atoms with van der Waals surface area (Å²) in [7, 11) is 1.67. The van der Waals surface area contributed by atoms with E-state index in [0.717, 1.165) is 23.3 Å². The zero-order valence-electron chi connectivity index (χ0n) is 12.5. The molecule has 0 aromatic heterocycles. The molecule has 0 saturated carbocycles. The number of halogens is 1. The van der Waals surface area contributed by atoms with E-state index in [1.54, 1.807) is 7.11 Å². The summed E-state index contributed by atoms with van der Waals surface area (Å²) < 4.78 is 6.31. The number of hydrogen-bond acceptors (Lipinski definition) is 3. The summed E-state index contributed by atoms with van der Waals surface area (Å²) in [6, 6.07) is 8.61. The molecule has 0 unspecified atom stereocenters. The molecule has 0 aliphatic carbocycles. The fourth-order valence-electron chi connectivity index (χ4n) is 2.73. The first-order valence-corrected chi connectivity index (χ1v) is 7.64. The number of nitrogens with zero attached hydrogens (tertiary/aromatic N) is 2. The third-order valence-corrected chi connectivity index (χ3v) is 4.69. The number of hydrogen-bond donors (Lipinski definition) is 0. The molecular weight excluding hydrogens is 316 g/mol. The highest BCUT2D eigenvalue weighted by atomic mass is 79.9. The second kappa shape index (κ2) is 5.75. The monoisotopic (exact) mass is 336 g/mol. The van der Waals surface area contributed by atoms with E-state index < -0.39 is 0 Å². The quantitative estimate of drug-likeness (QED) is 0.824. The van der Waals surface area contributed by atoms with Gasteiger partial charge in [-0.15, -0.1) is 0 Å². The number of methoxy groups -OCH3 is 1. The fraction of sp³-hybridized carbons (Fsp3) is 0.562. The average Bonchev–Trinajstić information content (AvgIpc) is 2.83. The molecule has 1 heterocycles. The van der Waals surface area contributed by atoms with Crippen LogP contribution in [-0.2, 0) is 0 Å². The first-order chi connectivity index (χ1) is 9.36. The van der Waals surface area contributed by atoms with Crippen molar-refractivity contribution < 1.29 is 4.74 Å². The van der Waals surface area contributed by atoms with Gasteiger partial charge in [-0.25, -0.2) is 0 Å². The average molecular weight is 337 g/mol. The number of likely N-dealkylation sites (tertiary alicyclic amines) is 1. The van der Waals surface area contributed by atoms with Crippen LogP contribution in [-0.4, -0.2) is 30.6 Å². The third kappa shape index (κ3) is 2.99. The molecule has 0 N–H and O–H groups in total. The van der Waals surface area contributed by atoms with Crippen LogP contribution in [0.4, 0.5) is 0 Å². The van der Waals surface area contributed by atoms with Crippen molar-refractivity contribution in [2.24, 2.45) is 5.92 Å². The van der Waals surface area contributed by atoms with Gasteiger partial charge < -0.3 is 4.74 Å². The van der Waals surface area contributed by atoms with E-state index in [4.69, 9.17) is 4.74 Å². The van der Waals surface area contributed by atoms with E-state index in [9.17, 15) is 5.26 Å². The molecule has 1 aromatic carbocycles. The van der Waals surface area contributed by atoms with E-state index in [2.05, 4.69) is 53.7 Å². The SMILES string of the molecule is COc1cc([C@H]2CN(C(C)(C)C)C[C@@H]2C#N)ccc1Br. The van der Waals surface area contributed by atoms with E-state index in [1.807, 2.05) is 12.1 Å². The van der Waals surface area contributed by atoms with E-state index in [-0.39, 0.29) is 17.4 Å². The van der Waals surface area contributed by atoms with Gasteiger partial charge in [0.2, 0.25) is 0 Å². The minimum Gasteiger partial charge on any atom is -0.496 e. The van der Waals surface area contributed by atoms with Crippen molar-refractivity contribution >= 4 is 15.9 Å². The molecule has 0 radical (unpaired) electrons. The lowest BCUT2D eigenvalue weighted by Gasteiger charge is -2.31. The van der Waals surface area contributed by atoms with Crippen LogP contribution < -0.4 is 4.74 Å². The molecule has 0 spiro atoms. The van der Waals surface area contributed by atoms with Gasteiger partial charge in [-0.2, -0.15) is 5.26 Å². The van der Waals surface area contributed by atoms with Gasteiger partial charge in [0.05, 0.1) is 23.6 Å². The first kappa shape index (κ1) is 15.3. The molecule has 108 valence electrons. The summed E-state index contributed by atoms with van der Waals surface area (Å²) in [5.41, 5.74) is 1.28. The molecule has 2 atom stereocenters. The number of nitriles is 1. The van der Waals surface area contributed by atoms with Crippen LogP contribution in [0.5, 0.6) is 5.75 Å². The highest BCUT2D eigenvalue weighted by Crippen LogP contribution is 2.38. The summed E-state index contributed by atoms with van der Waals surface area (Å²) in [6.07, 6.45) is 0. The minimum absolute atomic E-state index is 0.0418. The van der Waals surface area contributed by atoms with Crippen molar-refractivity contribution in [1.82, 2.24) is 4.90 Å². The Morgan fingerprint density at radius 1 is 1.35 bits per heavy atom. The van der Waals surface area contributed by atoms with Gasteiger partial charge in [-0.3, -0.25) is 4.90 Å². The third-order valence-electron chi connectivity index (χ3n) is 4.04. The maximum absolute atomic E-state index is 9.45. The maximum atomic E-state index is 9.45. The van der Waals surface area contributed by atoms with Crippen LogP contribution in [0.3, 0.4) is 0 Å². The molecule has 1 aromatic rings. The topological polar surface area (TPSA) is 36.3 Å². The number of rotatable bonds is 2. The van der Waals surface area contributed by atoms with Gasteiger partial charge >= 0.3 is 0 Å². The molecule has 3 nitrogen and oxygen atoms in total. The van der Waals surface area contributed by atoms with Crippen LogP contribution in [0, 0.1) is 17.2 Å². The van der Waals surface area contributed by atoms with Gasteiger partial charge in [0.1, 0.15) is 5.75 Å². The van der Waals surface area contributed by atoms with Crippen LogP contribution >= 0.6 is 15.9 Å². The summed E-state index contributed by atoms with van der Waals surface area (Å²) >= 11 is 3.47. The van der Waals surface area contributed by atoms with E-state index >= 15 is 0 Å². The lowest BCUT2D eigenvalue weighted by Crippen LogP contribution is -2.39. The van der Waals surface area contributed by atoms with E-state index in [0.29, 0.717) is 0 Å². The molecule has 1 aliphatic heterocycles. The first-order valence-electron chi connectivity index (χ1n) is 6.85. The van der Waals surface area contributed by atoms with Gasteiger partial charge in [-0.1, -0.05) is 6.07 Å². The van der Waals surface area contributed by atoms with Crippen LogP contribution in [0.1, 0.15) is 32.3 Å². The van der Waals surface area contributed by atoms with Gasteiger partial charge in [-0.05, 0) is 54.4 Å². The minimum atomic E-state index is 0.0418. The maximum Gasteiger partial charge on any atom is 0.133 e. The molecule has 0 amide bonds. The standard InChI is InChI=1S/C16H21BrN2O/c1-16(2,3)19-9-12(8-18)13(10-19)11-5-6-14(17)15(7-11)20-4/h5-7,12-13H,9-10H2,1-4H3/t12-,13+/m0/s1. The zero-order chi connectivity index (χ0) is 14.9. The Labute approximate surface area is 129 Å². The molecule has 4 heteroatoms.